The van der Waals surface area contributed by atoms with Crippen LogP contribution in [0.2, 0.25) is 0 Å². The molecular formula is C44H78O6. The van der Waals surface area contributed by atoms with Crippen molar-refractivity contribution in [3.05, 3.63) is 48.6 Å². The van der Waals surface area contributed by atoms with E-state index in [1.807, 2.05) is 6.92 Å². The molecule has 50 heavy (non-hydrogen) atoms. The summed E-state index contributed by atoms with van der Waals surface area (Å²) in [7, 11) is 0. The minimum Gasteiger partial charge on any atom is -0.462 e. The van der Waals surface area contributed by atoms with E-state index in [1.165, 1.54) is 83.5 Å². The Hall–Kier alpha value is -2.18. The van der Waals surface area contributed by atoms with E-state index in [0.717, 1.165) is 70.1 Å². The molecule has 0 heterocycles. The molecule has 290 valence electrons. The topological polar surface area (TPSA) is 93.1 Å². The molecule has 0 saturated carbocycles. The molecule has 0 bridgehead atoms. The number of allylic oxidation sites excluding steroid dienone is 8. The molecule has 0 aliphatic heterocycles. The predicted octanol–water partition coefficient (Wildman–Crippen LogP) is 11.8. The first-order chi connectivity index (χ1) is 24.4. The number of carbonyl (C=O) groups excluding carboxylic acids is 2. The maximum Gasteiger partial charge on any atom is 0.306 e. The standard InChI is InChI=1S/C44H78O6/c1-4-40(2)34-30-26-22-18-14-10-8-9-13-17-21-25-29-33-37-44(48)50-42(38-45)39-49-43(47)36-32-28-24-20-16-12-7-5-6-11-15-19-23-27-31-35-41(3)46/h6-7,11-12,19-20,23-24,40-42,45-46H,4-5,8-10,13-18,21-22,25-39H2,1-3H3/b11-6-,12-7-,23-19-,24-20-/t40?,41-,42+/m1/s1. The van der Waals surface area contributed by atoms with Crippen LogP contribution in [0.15, 0.2) is 48.6 Å². The molecule has 0 aromatic heterocycles. The van der Waals surface area contributed by atoms with Gasteiger partial charge in [0, 0.05) is 12.8 Å². The lowest BCUT2D eigenvalue weighted by Crippen LogP contribution is -2.28. The van der Waals surface area contributed by atoms with E-state index in [2.05, 4.69) is 62.5 Å². The zero-order valence-corrected chi connectivity index (χ0v) is 32.7. The van der Waals surface area contributed by atoms with Crippen LogP contribution in [-0.4, -0.2) is 47.6 Å². The van der Waals surface area contributed by atoms with Crippen molar-refractivity contribution in [3.63, 3.8) is 0 Å². The quantitative estimate of drug-likeness (QED) is 0.0383. The van der Waals surface area contributed by atoms with Crippen LogP contribution in [0.5, 0.6) is 0 Å². The number of hydrogen-bond donors (Lipinski definition) is 2. The van der Waals surface area contributed by atoms with Gasteiger partial charge >= 0.3 is 11.9 Å². The zero-order valence-electron chi connectivity index (χ0n) is 32.7. The van der Waals surface area contributed by atoms with Crippen molar-refractivity contribution in [2.45, 2.75) is 200 Å². The van der Waals surface area contributed by atoms with Crippen molar-refractivity contribution in [1.82, 2.24) is 0 Å². The number of rotatable bonds is 36. The SMILES string of the molecule is CCC(C)CCCCCCCCCCCCCCCCC(=O)O[C@@H](CO)COC(=O)CCC/C=C\C/C=C\C/C=C\C/C=C\CCC[C@@H](C)O. The molecule has 0 rings (SSSR count). The Labute approximate surface area is 308 Å². The fourth-order valence-electron chi connectivity index (χ4n) is 5.66. The van der Waals surface area contributed by atoms with Gasteiger partial charge in [0.2, 0.25) is 0 Å². The molecule has 0 fully saturated rings. The van der Waals surface area contributed by atoms with Crippen molar-refractivity contribution < 1.29 is 29.3 Å². The van der Waals surface area contributed by atoms with Crippen molar-refractivity contribution >= 4 is 11.9 Å². The van der Waals surface area contributed by atoms with Crippen LogP contribution in [0.4, 0.5) is 0 Å². The van der Waals surface area contributed by atoms with Crippen LogP contribution in [0, 0.1) is 5.92 Å². The van der Waals surface area contributed by atoms with Crippen LogP contribution < -0.4 is 0 Å². The Morgan fingerprint density at radius 2 is 1.00 bits per heavy atom. The molecule has 0 saturated heterocycles. The highest BCUT2D eigenvalue weighted by atomic mass is 16.6. The maximum atomic E-state index is 12.2. The van der Waals surface area contributed by atoms with Crippen molar-refractivity contribution in [2.24, 2.45) is 5.92 Å². The minimum atomic E-state index is -0.801. The summed E-state index contributed by atoms with van der Waals surface area (Å²) in [5.74, 6) is 0.225. The monoisotopic (exact) mass is 703 g/mol. The number of aliphatic hydroxyl groups is 2. The van der Waals surface area contributed by atoms with E-state index in [9.17, 15) is 19.8 Å². The lowest BCUT2D eigenvalue weighted by atomic mass is 9.99. The van der Waals surface area contributed by atoms with Gasteiger partial charge in [0.05, 0.1) is 12.7 Å². The van der Waals surface area contributed by atoms with Gasteiger partial charge in [-0.15, -0.1) is 0 Å². The maximum absolute atomic E-state index is 12.2. The van der Waals surface area contributed by atoms with Gasteiger partial charge in [0.15, 0.2) is 6.10 Å². The normalized spacial score (nSPS) is 13.9. The third-order valence-corrected chi connectivity index (χ3v) is 9.18. The first-order valence-corrected chi connectivity index (χ1v) is 20.6. The molecule has 6 nitrogen and oxygen atoms in total. The number of esters is 2. The van der Waals surface area contributed by atoms with Crippen LogP contribution >= 0.6 is 0 Å². The first kappa shape index (κ1) is 47.8. The second-order valence-electron chi connectivity index (χ2n) is 14.2. The Balaban J connectivity index is 3.64. The highest BCUT2D eigenvalue weighted by molar-refractivity contribution is 5.70. The summed E-state index contributed by atoms with van der Waals surface area (Å²) in [6, 6.07) is 0. The summed E-state index contributed by atoms with van der Waals surface area (Å²) in [5, 5.41) is 18.8. The van der Waals surface area contributed by atoms with Crippen LogP contribution in [0.3, 0.4) is 0 Å². The summed E-state index contributed by atoms with van der Waals surface area (Å²) in [6.07, 6.45) is 44.5. The molecule has 6 heteroatoms. The third-order valence-electron chi connectivity index (χ3n) is 9.18. The smallest absolute Gasteiger partial charge is 0.306 e. The van der Waals surface area contributed by atoms with Gasteiger partial charge in [-0.25, -0.2) is 0 Å². The summed E-state index contributed by atoms with van der Waals surface area (Å²) >= 11 is 0. The number of ether oxygens (including phenoxy) is 2. The van der Waals surface area contributed by atoms with Crippen molar-refractivity contribution in [2.75, 3.05) is 13.2 Å². The van der Waals surface area contributed by atoms with Crippen LogP contribution in [-0.2, 0) is 19.1 Å². The van der Waals surface area contributed by atoms with E-state index in [1.54, 1.807) is 0 Å². The lowest BCUT2D eigenvalue weighted by Gasteiger charge is -2.15. The van der Waals surface area contributed by atoms with Gasteiger partial charge in [0.25, 0.3) is 0 Å². The summed E-state index contributed by atoms with van der Waals surface area (Å²) in [4.78, 5) is 24.3. The molecule has 0 amide bonds. The van der Waals surface area contributed by atoms with Gasteiger partial charge < -0.3 is 19.7 Å². The van der Waals surface area contributed by atoms with Gasteiger partial charge in [-0.3, -0.25) is 9.59 Å². The van der Waals surface area contributed by atoms with E-state index in [0.29, 0.717) is 19.3 Å². The molecular weight excluding hydrogens is 624 g/mol. The summed E-state index contributed by atoms with van der Waals surface area (Å²) in [6.45, 7) is 6.03. The number of aliphatic hydroxyl groups excluding tert-OH is 2. The Morgan fingerprint density at radius 3 is 1.48 bits per heavy atom. The molecule has 0 aliphatic rings. The van der Waals surface area contributed by atoms with Crippen LogP contribution in [0.25, 0.3) is 0 Å². The van der Waals surface area contributed by atoms with E-state index >= 15 is 0 Å². The van der Waals surface area contributed by atoms with Crippen molar-refractivity contribution in [3.8, 4) is 0 Å². The Bertz CT molecular complexity index is 874. The largest absolute Gasteiger partial charge is 0.462 e. The fourth-order valence-corrected chi connectivity index (χ4v) is 5.66. The fraction of sp³-hybridized carbons (Fsp3) is 0.773. The summed E-state index contributed by atoms with van der Waals surface area (Å²) in [5.41, 5.74) is 0. The molecule has 1 unspecified atom stereocenters. The van der Waals surface area contributed by atoms with Gasteiger partial charge in [-0.05, 0) is 70.6 Å². The van der Waals surface area contributed by atoms with Gasteiger partial charge in [-0.2, -0.15) is 0 Å². The second kappa shape index (κ2) is 38.1. The lowest BCUT2D eigenvalue weighted by molar-refractivity contribution is -0.161. The molecule has 0 aliphatic carbocycles. The second-order valence-corrected chi connectivity index (χ2v) is 14.2. The molecule has 2 N–H and O–H groups in total. The number of unbranched alkanes of at least 4 members (excludes halogenated alkanes) is 15. The average Bonchev–Trinajstić information content (AvgIpc) is 3.10. The molecule has 0 spiro atoms. The highest BCUT2D eigenvalue weighted by Gasteiger charge is 2.16. The highest BCUT2D eigenvalue weighted by Crippen LogP contribution is 2.16. The number of carbonyl (C=O) groups is 2. The van der Waals surface area contributed by atoms with Gasteiger partial charge in [0.1, 0.15) is 6.61 Å². The van der Waals surface area contributed by atoms with Crippen LogP contribution in [0.1, 0.15) is 188 Å². The molecule has 0 radical (unpaired) electrons. The first-order valence-electron chi connectivity index (χ1n) is 20.6. The minimum absolute atomic E-state index is 0.102. The van der Waals surface area contributed by atoms with Crippen molar-refractivity contribution in [1.29, 1.82) is 0 Å². The average molecular weight is 703 g/mol. The predicted molar refractivity (Wildman–Crippen MR) is 211 cm³/mol. The van der Waals surface area contributed by atoms with E-state index in [4.69, 9.17) is 9.47 Å². The van der Waals surface area contributed by atoms with Gasteiger partial charge in [-0.1, -0.05) is 159 Å². The Kier molecular flexibility index (Phi) is 36.4. The zero-order chi connectivity index (χ0) is 36.8. The molecule has 0 aromatic rings. The van der Waals surface area contributed by atoms with E-state index in [-0.39, 0.29) is 31.3 Å². The van der Waals surface area contributed by atoms with E-state index < -0.39 is 6.10 Å². The molecule has 0 aromatic carbocycles. The number of hydrogen-bond acceptors (Lipinski definition) is 6. The molecule has 3 atom stereocenters. The summed E-state index contributed by atoms with van der Waals surface area (Å²) < 4.78 is 10.6. The third kappa shape index (κ3) is 37.1. The Morgan fingerprint density at radius 1 is 0.560 bits per heavy atom.